The molecule has 1 saturated heterocycles. The normalized spacial score (nSPS) is 17.7. The first-order valence-electron chi connectivity index (χ1n) is 7.90. The number of anilines is 1. The van der Waals surface area contributed by atoms with Crippen LogP contribution in [0.25, 0.3) is 17.0 Å². The van der Waals surface area contributed by atoms with Crippen molar-refractivity contribution in [2.24, 2.45) is 0 Å². The van der Waals surface area contributed by atoms with E-state index in [1.165, 1.54) is 12.3 Å². The Bertz CT molecular complexity index is 855. The van der Waals surface area contributed by atoms with Gasteiger partial charge >= 0.3 is 0 Å². The molecule has 7 heteroatoms. The van der Waals surface area contributed by atoms with Crippen molar-refractivity contribution in [2.45, 2.75) is 18.9 Å². The fourth-order valence-corrected chi connectivity index (χ4v) is 2.96. The van der Waals surface area contributed by atoms with E-state index in [1.54, 1.807) is 16.7 Å². The van der Waals surface area contributed by atoms with Gasteiger partial charge in [-0.15, -0.1) is 0 Å². The number of hydrogen-bond acceptors (Lipinski definition) is 4. The van der Waals surface area contributed by atoms with Crippen LogP contribution in [-0.2, 0) is 0 Å². The van der Waals surface area contributed by atoms with E-state index in [4.69, 9.17) is 0 Å². The lowest BCUT2D eigenvalue weighted by Crippen LogP contribution is -2.22. The number of nitrogens with zero attached hydrogens (tertiary/aromatic N) is 3. The van der Waals surface area contributed by atoms with Crippen LogP contribution in [0.15, 0.2) is 42.7 Å². The van der Waals surface area contributed by atoms with Crippen LogP contribution >= 0.6 is 0 Å². The summed E-state index contributed by atoms with van der Waals surface area (Å²) in [5, 5.41) is 6.70. The number of aromatic nitrogens is 3. The number of imidazole rings is 1. The summed E-state index contributed by atoms with van der Waals surface area (Å²) in [6.07, 6.45) is 1.62. The fraction of sp³-hybridized carbons (Fsp3) is 0.294. The quantitative estimate of drug-likeness (QED) is 0.772. The number of fused-ring (bicyclic) bond motifs is 1. The third kappa shape index (κ3) is 2.82. The first-order chi connectivity index (χ1) is 11.7. The van der Waals surface area contributed by atoms with E-state index in [2.05, 4.69) is 20.6 Å². The molecule has 3 aromatic heterocycles. The van der Waals surface area contributed by atoms with Crippen LogP contribution in [0.4, 0.5) is 14.6 Å². The van der Waals surface area contributed by atoms with Crippen LogP contribution in [0.2, 0.25) is 0 Å². The summed E-state index contributed by atoms with van der Waals surface area (Å²) < 4.78 is 27.6. The zero-order valence-corrected chi connectivity index (χ0v) is 12.9. The maximum atomic E-state index is 13.0. The van der Waals surface area contributed by atoms with E-state index >= 15 is 0 Å². The molecule has 0 spiro atoms. The lowest BCUT2D eigenvalue weighted by atomic mass is 10.2. The Morgan fingerprint density at radius 2 is 2.17 bits per heavy atom. The molecule has 0 aliphatic carbocycles. The molecular formula is C17H17F2N5. The first kappa shape index (κ1) is 15.0. The molecule has 0 radical (unpaired) electrons. The molecule has 1 aliphatic rings. The van der Waals surface area contributed by atoms with Crippen LogP contribution in [0.3, 0.4) is 0 Å². The molecule has 5 nitrogen and oxygen atoms in total. The maximum absolute atomic E-state index is 13.0. The molecule has 4 rings (SSSR count). The highest BCUT2D eigenvalue weighted by atomic mass is 19.3. The second-order valence-electron chi connectivity index (χ2n) is 5.88. The highest BCUT2D eigenvalue weighted by Crippen LogP contribution is 2.24. The zero-order chi connectivity index (χ0) is 16.5. The Labute approximate surface area is 137 Å². The van der Waals surface area contributed by atoms with Gasteiger partial charge in [-0.25, -0.2) is 18.7 Å². The van der Waals surface area contributed by atoms with Gasteiger partial charge in [0.25, 0.3) is 6.43 Å². The summed E-state index contributed by atoms with van der Waals surface area (Å²) in [7, 11) is 0. The maximum Gasteiger partial charge on any atom is 0.265 e. The number of alkyl halides is 2. The van der Waals surface area contributed by atoms with Crippen molar-refractivity contribution in [1.29, 1.82) is 0 Å². The van der Waals surface area contributed by atoms with Crippen LogP contribution in [0, 0.1) is 0 Å². The Morgan fingerprint density at radius 1 is 1.25 bits per heavy atom. The molecule has 1 aliphatic heterocycles. The molecule has 0 saturated carbocycles. The van der Waals surface area contributed by atoms with E-state index < -0.39 is 6.43 Å². The van der Waals surface area contributed by atoms with Gasteiger partial charge in [0.05, 0.1) is 17.6 Å². The highest BCUT2D eigenvalue weighted by Gasteiger charge is 2.16. The largest absolute Gasteiger partial charge is 0.366 e. The Hall–Kier alpha value is -2.54. The molecule has 0 amide bonds. The molecule has 0 bridgehead atoms. The third-order valence-electron chi connectivity index (χ3n) is 4.20. The fourth-order valence-electron chi connectivity index (χ4n) is 2.96. The number of rotatable bonds is 4. The highest BCUT2D eigenvalue weighted by molar-refractivity contribution is 5.62. The van der Waals surface area contributed by atoms with Gasteiger partial charge < -0.3 is 10.6 Å². The Kier molecular flexibility index (Phi) is 3.86. The lowest BCUT2D eigenvalue weighted by molar-refractivity contribution is 0.151. The van der Waals surface area contributed by atoms with Gasteiger partial charge in [0.15, 0.2) is 0 Å². The van der Waals surface area contributed by atoms with Gasteiger partial charge in [-0.3, -0.25) is 4.40 Å². The summed E-state index contributed by atoms with van der Waals surface area (Å²) in [6.45, 7) is 1.92. The number of nitrogens with one attached hydrogen (secondary N) is 2. The summed E-state index contributed by atoms with van der Waals surface area (Å²) in [5.41, 5.74) is 1.98. The molecule has 124 valence electrons. The molecule has 1 atom stereocenters. The summed E-state index contributed by atoms with van der Waals surface area (Å²) >= 11 is 0. The van der Waals surface area contributed by atoms with E-state index in [0.29, 0.717) is 23.1 Å². The van der Waals surface area contributed by atoms with Crippen molar-refractivity contribution in [3.63, 3.8) is 0 Å². The van der Waals surface area contributed by atoms with E-state index in [-0.39, 0.29) is 5.56 Å². The van der Waals surface area contributed by atoms with Gasteiger partial charge in [0, 0.05) is 24.3 Å². The van der Waals surface area contributed by atoms with Crippen LogP contribution in [0.5, 0.6) is 0 Å². The number of halogens is 2. The van der Waals surface area contributed by atoms with Crippen molar-refractivity contribution in [2.75, 3.05) is 18.4 Å². The van der Waals surface area contributed by atoms with Gasteiger partial charge in [-0.2, -0.15) is 0 Å². The van der Waals surface area contributed by atoms with Gasteiger partial charge in [-0.05, 0) is 37.2 Å². The molecular weight excluding hydrogens is 312 g/mol. The minimum absolute atomic E-state index is 0.0342. The van der Waals surface area contributed by atoms with Crippen LogP contribution < -0.4 is 10.6 Å². The molecule has 3 aromatic rings. The SMILES string of the molecule is FC(F)c1ccc2ncc(-c3cccc(N[C@@H]4CCNC4)n3)n2c1. The average molecular weight is 329 g/mol. The molecule has 24 heavy (non-hydrogen) atoms. The van der Waals surface area contributed by atoms with Crippen molar-refractivity contribution >= 4 is 11.5 Å². The average Bonchev–Trinajstić information content (AvgIpc) is 3.23. The molecule has 4 heterocycles. The molecule has 0 aromatic carbocycles. The van der Waals surface area contributed by atoms with Crippen molar-refractivity contribution in [1.82, 2.24) is 19.7 Å². The molecule has 0 unspecified atom stereocenters. The van der Waals surface area contributed by atoms with Gasteiger partial charge in [0.1, 0.15) is 11.5 Å². The predicted molar refractivity (Wildman–Crippen MR) is 88.3 cm³/mol. The van der Waals surface area contributed by atoms with Crippen LogP contribution in [-0.4, -0.2) is 33.5 Å². The first-order valence-corrected chi connectivity index (χ1v) is 7.90. The van der Waals surface area contributed by atoms with E-state index in [9.17, 15) is 8.78 Å². The van der Waals surface area contributed by atoms with Crippen LogP contribution in [0.1, 0.15) is 18.4 Å². The summed E-state index contributed by atoms with van der Waals surface area (Å²) in [4.78, 5) is 8.89. The minimum atomic E-state index is -2.51. The standard InChI is InChI=1S/C17H17F2N5/c18-17(19)11-4-5-16-21-9-14(24(16)10-11)13-2-1-3-15(23-13)22-12-6-7-20-8-12/h1-5,9-10,12,17,20H,6-8H2,(H,22,23)/t12-/m1/s1. The number of hydrogen-bond donors (Lipinski definition) is 2. The minimum Gasteiger partial charge on any atom is -0.366 e. The number of pyridine rings is 2. The van der Waals surface area contributed by atoms with Gasteiger partial charge in [-0.1, -0.05) is 6.07 Å². The molecule has 2 N–H and O–H groups in total. The van der Waals surface area contributed by atoms with Gasteiger partial charge in [0.2, 0.25) is 0 Å². The summed E-state index contributed by atoms with van der Waals surface area (Å²) in [6, 6.07) is 9.03. The third-order valence-corrected chi connectivity index (χ3v) is 4.20. The Morgan fingerprint density at radius 3 is 2.96 bits per heavy atom. The van der Waals surface area contributed by atoms with Crippen molar-refractivity contribution < 1.29 is 8.78 Å². The Balaban J connectivity index is 1.70. The summed E-state index contributed by atoms with van der Waals surface area (Å²) in [5.74, 6) is 0.779. The monoisotopic (exact) mass is 329 g/mol. The van der Waals surface area contributed by atoms with E-state index in [0.717, 1.165) is 25.3 Å². The lowest BCUT2D eigenvalue weighted by Gasteiger charge is -2.12. The predicted octanol–water partition coefficient (Wildman–Crippen LogP) is 3.11. The zero-order valence-electron chi connectivity index (χ0n) is 12.9. The van der Waals surface area contributed by atoms with Crippen molar-refractivity contribution in [3.05, 3.63) is 48.3 Å². The smallest absolute Gasteiger partial charge is 0.265 e. The van der Waals surface area contributed by atoms with E-state index in [1.807, 2.05) is 18.2 Å². The molecule has 1 fully saturated rings. The topological polar surface area (TPSA) is 54.2 Å². The van der Waals surface area contributed by atoms with Crippen molar-refractivity contribution in [3.8, 4) is 11.4 Å². The second kappa shape index (κ2) is 6.16. The second-order valence-corrected chi connectivity index (χ2v) is 5.88.